The quantitative estimate of drug-likeness (QED) is 0.605. The highest BCUT2D eigenvalue weighted by Crippen LogP contribution is 2.37. The van der Waals surface area contributed by atoms with Crippen molar-refractivity contribution in [2.75, 3.05) is 17.2 Å². The molecule has 2 aliphatic heterocycles. The van der Waals surface area contributed by atoms with Crippen molar-refractivity contribution in [3.8, 4) is 0 Å². The van der Waals surface area contributed by atoms with Crippen LogP contribution in [-0.4, -0.2) is 32.9 Å². The number of fused-ring (bicyclic) bond motifs is 1. The van der Waals surface area contributed by atoms with Gasteiger partial charge < -0.3 is 10.6 Å². The Morgan fingerprint density at radius 3 is 2.47 bits per heavy atom. The fraction of sp³-hybridized carbons (Fsp3) is 0.250. The zero-order valence-electron chi connectivity index (χ0n) is 18.5. The number of anilines is 2. The summed E-state index contributed by atoms with van der Waals surface area (Å²) < 4.78 is 40.6. The molecule has 0 bridgehead atoms. The average Bonchev–Trinajstić information content (AvgIpc) is 3.40. The number of pyridine rings is 1. The number of allylic oxidation sites excluding steroid dienone is 1. The van der Waals surface area contributed by atoms with E-state index in [9.17, 15) is 18.0 Å². The number of aromatic nitrogens is 3. The third kappa shape index (κ3) is 3.64. The first kappa shape index (κ1) is 21.9. The standard InChI is InChI=1S/C24H21F3N6O/c1-13-9-19(15-3-8-20(28)29-10-15)31-21(13)18-11-30-33-14(2)12-32(23(34)22(18)33)17-6-4-16(5-7-17)24(25,26)27/h3-8,10-11,14H,9,12H2,1-2H3,(H2,28,29)/t14-/m0/s1. The molecule has 0 saturated heterocycles. The Hall–Kier alpha value is -3.95. The van der Waals surface area contributed by atoms with Gasteiger partial charge in [-0.3, -0.25) is 14.5 Å². The Kier molecular flexibility index (Phi) is 5.03. The van der Waals surface area contributed by atoms with E-state index in [2.05, 4.69) is 10.1 Å². The van der Waals surface area contributed by atoms with E-state index in [-0.39, 0.29) is 11.9 Å². The number of hydrogen-bond donors (Lipinski definition) is 1. The van der Waals surface area contributed by atoms with Gasteiger partial charge in [0.15, 0.2) is 0 Å². The van der Waals surface area contributed by atoms with Crippen LogP contribution < -0.4 is 10.6 Å². The van der Waals surface area contributed by atoms with Crippen LogP contribution in [-0.2, 0) is 6.18 Å². The maximum Gasteiger partial charge on any atom is 0.416 e. The van der Waals surface area contributed by atoms with Crippen molar-refractivity contribution in [2.45, 2.75) is 32.5 Å². The molecule has 0 spiro atoms. The number of carbonyl (C=O) groups excluding carboxylic acids is 1. The van der Waals surface area contributed by atoms with Crippen molar-refractivity contribution in [1.29, 1.82) is 0 Å². The van der Waals surface area contributed by atoms with E-state index in [0.717, 1.165) is 29.0 Å². The highest BCUT2D eigenvalue weighted by atomic mass is 19.4. The van der Waals surface area contributed by atoms with E-state index >= 15 is 0 Å². The van der Waals surface area contributed by atoms with Gasteiger partial charge in [0.2, 0.25) is 0 Å². The lowest BCUT2D eigenvalue weighted by Crippen LogP contribution is -2.43. The Morgan fingerprint density at radius 1 is 1.09 bits per heavy atom. The number of hydrogen-bond acceptors (Lipinski definition) is 5. The maximum atomic E-state index is 13.5. The molecule has 34 heavy (non-hydrogen) atoms. The highest BCUT2D eigenvalue weighted by Gasteiger charge is 2.36. The number of aliphatic imine (C=N–C) groups is 1. The van der Waals surface area contributed by atoms with Crippen LogP contribution in [0, 0.1) is 0 Å². The molecule has 0 aliphatic carbocycles. The number of amides is 1. The molecule has 10 heteroatoms. The van der Waals surface area contributed by atoms with Gasteiger partial charge in [-0.05, 0) is 55.8 Å². The fourth-order valence-electron chi connectivity index (χ4n) is 4.33. The molecule has 2 aliphatic rings. The summed E-state index contributed by atoms with van der Waals surface area (Å²) in [7, 11) is 0. The van der Waals surface area contributed by atoms with Crippen LogP contribution in [0.15, 0.2) is 59.4 Å². The van der Waals surface area contributed by atoms with Gasteiger partial charge in [0.1, 0.15) is 11.5 Å². The van der Waals surface area contributed by atoms with Gasteiger partial charge in [0.25, 0.3) is 5.91 Å². The number of rotatable bonds is 3. The van der Waals surface area contributed by atoms with Crippen LogP contribution in [0.4, 0.5) is 24.7 Å². The van der Waals surface area contributed by atoms with Gasteiger partial charge in [-0.2, -0.15) is 18.3 Å². The third-order valence-electron chi connectivity index (χ3n) is 6.07. The monoisotopic (exact) mass is 466 g/mol. The summed E-state index contributed by atoms with van der Waals surface area (Å²) in [5.74, 6) is 0.0874. The van der Waals surface area contributed by atoms with Crippen LogP contribution in [0.1, 0.15) is 53.5 Å². The first-order valence-corrected chi connectivity index (χ1v) is 10.7. The number of alkyl halides is 3. The van der Waals surface area contributed by atoms with E-state index in [4.69, 9.17) is 10.7 Å². The molecule has 5 rings (SSSR count). The predicted molar refractivity (Wildman–Crippen MR) is 122 cm³/mol. The molecule has 0 radical (unpaired) electrons. The molecule has 174 valence electrons. The van der Waals surface area contributed by atoms with Crippen LogP contribution in [0.25, 0.3) is 5.70 Å². The molecule has 2 N–H and O–H groups in total. The minimum absolute atomic E-state index is 0.171. The van der Waals surface area contributed by atoms with Crippen molar-refractivity contribution in [3.63, 3.8) is 0 Å². The number of nitrogens with zero attached hydrogens (tertiary/aromatic N) is 5. The molecule has 4 heterocycles. The topological polar surface area (TPSA) is 89.4 Å². The molecular formula is C24H21F3N6O. The number of nitrogens with two attached hydrogens (primary N) is 1. The Bertz CT molecular complexity index is 1340. The van der Waals surface area contributed by atoms with Crippen molar-refractivity contribution in [3.05, 3.63) is 76.7 Å². The lowest BCUT2D eigenvalue weighted by atomic mass is 10.0. The molecule has 0 saturated carbocycles. The summed E-state index contributed by atoms with van der Waals surface area (Å²) in [6.45, 7) is 4.15. The van der Waals surface area contributed by atoms with Gasteiger partial charge >= 0.3 is 6.18 Å². The molecular weight excluding hydrogens is 445 g/mol. The van der Waals surface area contributed by atoms with Gasteiger partial charge in [-0.25, -0.2) is 4.98 Å². The first-order chi connectivity index (χ1) is 16.1. The van der Waals surface area contributed by atoms with E-state index in [0.29, 0.717) is 41.4 Å². The summed E-state index contributed by atoms with van der Waals surface area (Å²) in [5.41, 5.74) is 9.60. The molecule has 0 fully saturated rings. The predicted octanol–water partition coefficient (Wildman–Crippen LogP) is 4.72. The van der Waals surface area contributed by atoms with Gasteiger partial charge in [0.05, 0.1) is 34.8 Å². The van der Waals surface area contributed by atoms with Crippen LogP contribution in [0.5, 0.6) is 0 Å². The lowest BCUT2D eigenvalue weighted by molar-refractivity contribution is -0.137. The second kappa shape index (κ2) is 7.82. The number of benzene rings is 1. The van der Waals surface area contributed by atoms with Crippen LogP contribution in [0.2, 0.25) is 0 Å². The Labute approximate surface area is 193 Å². The summed E-state index contributed by atoms with van der Waals surface area (Å²) >= 11 is 0. The zero-order chi connectivity index (χ0) is 24.2. The zero-order valence-corrected chi connectivity index (χ0v) is 18.5. The third-order valence-corrected chi connectivity index (χ3v) is 6.07. The van der Waals surface area contributed by atoms with Crippen LogP contribution >= 0.6 is 0 Å². The molecule has 2 aromatic heterocycles. The van der Waals surface area contributed by atoms with Crippen molar-refractivity contribution in [2.24, 2.45) is 4.99 Å². The molecule has 3 aromatic rings. The minimum Gasteiger partial charge on any atom is -0.384 e. The summed E-state index contributed by atoms with van der Waals surface area (Å²) in [4.78, 5) is 23.9. The van der Waals surface area contributed by atoms with E-state index < -0.39 is 11.7 Å². The maximum absolute atomic E-state index is 13.5. The van der Waals surface area contributed by atoms with Crippen molar-refractivity contribution in [1.82, 2.24) is 14.8 Å². The van der Waals surface area contributed by atoms with E-state index in [1.807, 2.05) is 19.9 Å². The molecule has 7 nitrogen and oxygen atoms in total. The molecule has 1 atom stereocenters. The van der Waals surface area contributed by atoms with Gasteiger partial charge in [-0.15, -0.1) is 0 Å². The van der Waals surface area contributed by atoms with Gasteiger partial charge in [0, 0.05) is 30.4 Å². The summed E-state index contributed by atoms with van der Waals surface area (Å²) in [6, 6.07) is 8.01. The van der Waals surface area contributed by atoms with Crippen molar-refractivity contribution < 1.29 is 18.0 Å². The minimum atomic E-state index is -4.44. The Balaban J connectivity index is 1.51. The SMILES string of the molecule is CC1=C(c2cnn3c2C(=O)N(c2ccc(C(F)(F)F)cc2)C[C@@H]3C)N=C(c2ccc(N)nc2)C1. The number of carbonyl (C=O) groups is 1. The normalized spacial score (nSPS) is 18.4. The second-order valence-corrected chi connectivity index (χ2v) is 8.50. The van der Waals surface area contributed by atoms with E-state index in [1.54, 1.807) is 23.1 Å². The molecule has 1 aromatic carbocycles. The fourth-order valence-corrected chi connectivity index (χ4v) is 4.33. The molecule has 0 unspecified atom stereocenters. The summed E-state index contributed by atoms with van der Waals surface area (Å²) in [5, 5.41) is 4.44. The van der Waals surface area contributed by atoms with Crippen LogP contribution in [0.3, 0.4) is 0 Å². The summed E-state index contributed by atoms with van der Waals surface area (Å²) in [6.07, 6.45) is -0.548. The second-order valence-electron chi connectivity index (χ2n) is 8.50. The number of halogens is 3. The Morgan fingerprint density at radius 2 is 1.82 bits per heavy atom. The van der Waals surface area contributed by atoms with E-state index in [1.165, 1.54) is 17.0 Å². The first-order valence-electron chi connectivity index (χ1n) is 10.7. The molecule has 1 amide bonds. The number of nitrogen functional groups attached to an aromatic ring is 1. The van der Waals surface area contributed by atoms with Crippen molar-refractivity contribution >= 4 is 28.8 Å². The highest BCUT2D eigenvalue weighted by molar-refractivity contribution is 6.12. The largest absolute Gasteiger partial charge is 0.416 e. The van der Waals surface area contributed by atoms with Gasteiger partial charge in [-0.1, -0.05) is 0 Å². The lowest BCUT2D eigenvalue weighted by Gasteiger charge is -2.32. The average molecular weight is 466 g/mol. The smallest absolute Gasteiger partial charge is 0.384 e.